The summed E-state index contributed by atoms with van der Waals surface area (Å²) in [5.41, 5.74) is 1.22. The van der Waals surface area contributed by atoms with Crippen molar-refractivity contribution in [2.24, 2.45) is 0 Å². The predicted octanol–water partition coefficient (Wildman–Crippen LogP) is 3.37. The number of aromatic nitrogens is 1. The Morgan fingerprint density at radius 1 is 1.28 bits per heavy atom. The van der Waals surface area contributed by atoms with Gasteiger partial charge in [0, 0.05) is 24.7 Å². The summed E-state index contributed by atoms with van der Waals surface area (Å²) in [6.07, 6.45) is 3.33. The molecule has 0 saturated heterocycles. The Kier molecular flexibility index (Phi) is 4.03. The molecule has 0 aliphatic heterocycles. The summed E-state index contributed by atoms with van der Waals surface area (Å²) >= 11 is 0. The maximum absolute atomic E-state index is 11.4. The molecule has 0 saturated carbocycles. The molecule has 0 fully saturated rings. The molecule has 0 aliphatic rings. The van der Waals surface area contributed by atoms with Gasteiger partial charge >= 0.3 is 5.97 Å². The molecule has 18 heavy (non-hydrogen) atoms. The van der Waals surface area contributed by atoms with Crippen molar-refractivity contribution in [1.82, 2.24) is 4.57 Å². The Bertz CT molecular complexity index is 528. The van der Waals surface area contributed by atoms with Crippen molar-refractivity contribution in [2.75, 3.05) is 0 Å². The number of fused-ring (bicyclic) bond motifs is 1. The average Bonchev–Trinajstić information content (AvgIpc) is 2.72. The number of benzene rings is 1. The Morgan fingerprint density at radius 2 is 2.06 bits per heavy atom. The molecule has 0 unspecified atom stereocenters. The number of hydrogen-bond acceptors (Lipinski definition) is 2. The van der Waals surface area contributed by atoms with Crippen LogP contribution in [0.2, 0.25) is 0 Å². The van der Waals surface area contributed by atoms with Gasteiger partial charge in [0.25, 0.3) is 0 Å². The van der Waals surface area contributed by atoms with Crippen molar-refractivity contribution in [2.45, 2.75) is 39.3 Å². The van der Waals surface area contributed by atoms with Gasteiger partial charge in [0.05, 0.1) is 6.10 Å². The average molecular weight is 245 g/mol. The molecular formula is C15H19NO2. The third kappa shape index (κ3) is 3.13. The summed E-state index contributed by atoms with van der Waals surface area (Å²) in [5, 5.41) is 1.24. The van der Waals surface area contributed by atoms with E-state index in [0.717, 1.165) is 13.0 Å². The first-order valence-electron chi connectivity index (χ1n) is 6.40. The normalized spacial score (nSPS) is 11.1. The highest BCUT2D eigenvalue weighted by Crippen LogP contribution is 2.15. The van der Waals surface area contributed by atoms with Gasteiger partial charge in [-0.1, -0.05) is 18.2 Å². The lowest BCUT2D eigenvalue weighted by Crippen LogP contribution is -2.11. The Balaban J connectivity index is 1.89. The van der Waals surface area contributed by atoms with E-state index >= 15 is 0 Å². The fourth-order valence-corrected chi connectivity index (χ4v) is 2.05. The van der Waals surface area contributed by atoms with Crippen LogP contribution >= 0.6 is 0 Å². The number of ether oxygens (including phenoxy) is 1. The van der Waals surface area contributed by atoms with Gasteiger partial charge < -0.3 is 9.30 Å². The van der Waals surface area contributed by atoms with E-state index in [4.69, 9.17) is 4.74 Å². The van der Waals surface area contributed by atoms with Crippen LogP contribution in [0.15, 0.2) is 36.5 Å². The molecule has 0 atom stereocenters. The molecule has 0 bridgehead atoms. The van der Waals surface area contributed by atoms with Crippen LogP contribution in [0, 0.1) is 0 Å². The molecule has 0 aliphatic carbocycles. The minimum absolute atomic E-state index is 0.0232. The van der Waals surface area contributed by atoms with Crippen LogP contribution in [0.5, 0.6) is 0 Å². The summed E-state index contributed by atoms with van der Waals surface area (Å²) in [5.74, 6) is -0.110. The van der Waals surface area contributed by atoms with Crippen molar-refractivity contribution in [3.63, 3.8) is 0 Å². The zero-order valence-corrected chi connectivity index (χ0v) is 10.9. The lowest BCUT2D eigenvalue weighted by Gasteiger charge is -2.08. The number of hydrogen-bond donors (Lipinski definition) is 0. The number of carbonyl (C=O) groups excluding carboxylic acids is 1. The second-order valence-electron chi connectivity index (χ2n) is 4.71. The number of esters is 1. The van der Waals surface area contributed by atoms with Crippen molar-refractivity contribution < 1.29 is 9.53 Å². The fraction of sp³-hybridized carbons (Fsp3) is 0.400. The first kappa shape index (κ1) is 12.7. The van der Waals surface area contributed by atoms with Gasteiger partial charge in [0.2, 0.25) is 0 Å². The largest absolute Gasteiger partial charge is 0.463 e. The highest BCUT2D eigenvalue weighted by Gasteiger charge is 2.06. The zero-order chi connectivity index (χ0) is 13.0. The van der Waals surface area contributed by atoms with E-state index in [-0.39, 0.29) is 12.1 Å². The number of carbonyl (C=O) groups is 1. The van der Waals surface area contributed by atoms with E-state index < -0.39 is 0 Å². The van der Waals surface area contributed by atoms with E-state index in [2.05, 4.69) is 29.0 Å². The van der Waals surface area contributed by atoms with Gasteiger partial charge in [-0.3, -0.25) is 4.79 Å². The van der Waals surface area contributed by atoms with Crippen molar-refractivity contribution in [1.29, 1.82) is 0 Å². The van der Waals surface area contributed by atoms with Crippen LogP contribution in [0.25, 0.3) is 10.9 Å². The number of nitrogens with zero attached hydrogens (tertiary/aromatic N) is 1. The number of para-hydroxylation sites is 1. The van der Waals surface area contributed by atoms with Gasteiger partial charge in [-0.15, -0.1) is 0 Å². The van der Waals surface area contributed by atoms with Crippen LogP contribution in [-0.4, -0.2) is 16.6 Å². The molecule has 2 aromatic rings. The standard InChI is InChI=1S/C15H19NO2/c1-12(2)18-15(17)8-5-10-16-11-9-13-6-3-4-7-14(13)16/h3-4,6-7,9,11-12H,5,8,10H2,1-2H3. The summed E-state index contributed by atoms with van der Waals surface area (Å²) < 4.78 is 7.29. The van der Waals surface area contributed by atoms with Gasteiger partial charge in [0.1, 0.15) is 0 Å². The van der Waals surface area contributed by atoms with Gasteiger partial charge in [-0.05, 0) is 37.8 Å². The maximum Gasteiger partial charge on any atom is 0.306 e. The first-order chi connectivity index (χ1) is 8.66. The van der Waals surface area contributed by atoms with Crippen LogP contribution in [-0.2, 0) is 16.1 Å². The molecule has 0 radical (unpaired) electrons. The molecule has 3 heteroatoms. The Hall–Kier alpha value is -1.77. The third-order valence-electron chi connectivity index (χ3n) is 2.83. The Morgan fingerprint density at radius 3 is 2.83 bits per heavy atom. The van der Waals surface area contributed by atoms with Gasteiger partial charge in [0.15, 0.2) is 0 Å². The van der Waals surface area contributed by atoms with Crippen molar-refractivity contribution in [3.8, 4) is 0 Å². The smallest absolute Gasteiger partial charge is 0.306 e. The van der Waals surface area contributed by atoms with Crippen LogP contribution in [0.3, 0.4) is 0 Å². The van der Waals surface area contributed by atoms with Gasteiger partial charge in [-0.25, -0.2) is 0 Å². The topological polar surface area (TPSA) is 31.2 Å². The molecule has 0 amide bonds. The Labute approximate surface area is 107 Å². The highest BCUT2D eigenvalue weighted by molar-refractivity contribution is 5.79. The summed E-state index contributed by atoms with van der Waals surface area (Å²) in [7, 11) is 0. The second kappa shape index (κ2) is 5.71. The monoisotopic (exact) mass is 245 g/mol. The van der Waals surface area contributed by atoms with E-state index in [0.29, 0.717) is 6.42 Å². The molecule has 2 rings (SSSR count). The minimum Gasteiger partial charge on any atom is -0.463 e. The SMILES string of the molecule is CC(C)OC(=O)CCCn1ccc2ccccc21. The number of rotatable bonds is 5. The molecule has 0 N–H and O–H groups in total. The highest BCUT2D eigenvalue weighted by atomic mass is 16.5. The van der Waals surface area contributed by atoms with E-state index in [9.17, 15) is 4.79 Å². The van der Waals surface area contributed by atoms with Crippen LogP contribution in [0.4, 0.5) is 0 Å². The van der Waals surface area contributed by atoms with E-state index in [1.165, 1.54) is 10.9 Å². The van der Waals surface area contributed by atoms with Crippen molar-refractivity contribution >= 4 is 16.9 Å². The summed E-state index contributed by atoms with van der Waals surface area (Å²) in [6, 6.07) is 10.4. The zero-order valence-electron chi connectivity index (χ0n) is 10.9. The summed E-state index contributed by atoms with van der Waals surface area (Å²) in [4.78, 5) is 11.4. The minimum atomic E-state index is -0.110. The van der Waals surface area contributed by atoms with Crippen molar-refractivity contribution in [3.05, 3.63) is 36.5 Å². The van der Waals surface area contributed by atoms with E-state index in [1.54, 1.807) is 0 Å². The van der Waals surface area contributed by atoms with E-state index in [1.807, 2.05) is 26.0 Å². The lowest BCUT2D eigenvalue weighted by molar-refractivity contribution is -0.147. The van der Waals surface area contributed by atoms with Gasteiger partial charge in [-0.2, -0.15) is 0 Å². The lowest BCUT2D eigenvalue weighted by atomic mass is 10.2. The quantitative estimate of drug-likeness (QED) is 0.756. The molecule has 96 valence electrons. The molecule has 3 nitrogen and oxygen atoms in total. The molecular weight excluding hydrogens is 226 g/mol. The second-order valence-corrected chi connectivity index (χ2v) is 4.71. The first-order valence-corrected chi connectivity index (χ1v) is 6.40. The predicted molar refractivity (Wildman–Crippen MR) is 72.4 cm³/mol. The summed E-state index contributed by atoms with van der Waals surface area (Å²) in [6.45, 7) is 4.59. The third-order valence-corrected chi connectivity index (χ3v) is 2.83. The number of aryl methyl sites for hydroxylation is 1. The van der Waals surface area contributed by atoms with Crippen LogP contribution in [0.1, 0.15) is 26.7 Å². The maximum atomic E-state index is 11.4. The molecule has 0 spiro atoms. The molecule has 1 aromatic carbocycles. The molecule has 1 aromatic heterocycles. The molecule has 1 heterocycles. The van der Waals surface area contributed by atoms with Crippen LogP contribution < -0.4 is 0 Å². The fourth-order valence-electron chi connectivity index (χ4n) is 2.05.